The molecule has 3 heterocycles. The molecule has 0 radical (unpaired) electrons. The lowest BCUT2D eigenvalue weighted by Gasteiger charge is -2.33. The molecular formula is C63H106N16O19. The Morgan fingerprint density at radius 1 is 0.439 bits per heavy atom. The molecule has 552 valence electrons. The summed E-state index contributed by atoms with van der Waals surface area (Å²) < 4.78 is 0. The largest absolute Gasteiger partial charge is 0.481 e. The molecule has 3 rings (SSSR count). The van der Waals surface area contributed by atoms with Gasteiger partial charge in [0.1, 0.15) is 72.5 Å². The number of likely N-dealkylation sites (tertiary alicyclic amines) is 2. The van der Waals surface area contributed by atoms with Crippen LogP contribution in [0.3, 0.4) is 0 Å². The van der Waals surface area contributed by atoms with Crippen LogP contribution in [-0.2, 0) is 76.7 Å². The van der Waals surface area contributed by atoms with E-state index in [1.54, 1.807) is 41.5 Å². The Labute approximate surface area is 570 Å². The second kappa shape index (κ2) is 41.6. The number of rotatable bonds is 43. The van der Waals surface area contributed by atoms with Crippen LogP contribution in [0.5, 0.6) is 0 Å². The van der Waals surface area contributed by atoms with Gasteiger partial charge in [-0.05, 0) is 148 Å². The number of carboxylic acids is 3. The van der Waals surface area contributed by atoms with E-state index in [1.807, 2.05) is 0 Å². The quantitative estimate of drug-likeness (QED) is 0.0258. The van der Waals surface area contributed by atoms with E-state index in [0.717, 1.165) is 6.42 Å². The number of carboxylic acid groups (broad SMARTS) is 3. The number of carbonyl (C=O) groups is 16. The highest BCUT2D eigenvalue weighted by atomic mass is 16.4. The highest BCUT2D eigenvalue weighted by Gasteiger charge is 2.44. The second-order valence-corrected chi connectivity index (χ2v) is 26.4. The topological polar surface area (TPSA) is 551 Å². The predicted octanol–water partition coefficient (Wildman–Crippen LogP) is -4.09. The molecule has 13 atom stereocenters. The van der Waals surface area contributed by atoms with E-state index in [2.05, 4.69) is 58.5 Å². The van der Waals surface area contributed by atoms with Gasteiger partial charge in [-0.25, -0.2) is 4.79 Å². The fourth-order valence-electron chi connectivity index (χ4n) is 11.6. The number of amides is 13. The van der Waals surface area contributed by atoms with Crippen LogP contribution in [-0.4, -0.2) is 231 Å². The van der Waals surface area contributed by atoms with Gasteiger partial charge in [-0.2, -0.15) is 0 Å². The van der Waals surface area contributed by atoms with Crippen molar-refractivity contribution in [3.63, 3.8) is 0 Å². The summed E-state index contributed by atoms with van der Waals surface area (Å²) in [6.45, 7) is 14.0. The van der Waals surface area contributed by atoms with Gasteiger partial charge in [0, 0.05) is 25.9 Å². The Morgan fingerprint density at radius 3 is 1.42 bits per heavy atom. The number of nitrogens with one attached hydrogen (secondary N) is 11. The molecule has 3 saturated heterocycles. The van der Waals surface area contributed by atoms with Crippen molar-refractivity contribution in [1.82, 2.24) is 68.3 Å². The highest BCUT2D eigenvalue weighted by molar-refractivity contribution is 6.00. The number of primary amides is 1. The molecule has 0 unspecified atom stereocenters. The zero-order valence-electron chi connectivity index (χ0n) is 57.5. The molecular weight excluding hydrogens is 1280 g/mol. The van der Waals surface area contributed by atoms with Crippen LogP contribution in [0, 0.1) is 17.8 Å². The van der Waals surface area contributed by atoms with Crippen molar-refractivity contribution >= 4 is 94.7 Å². The monoisotopic (exact) mass is 1390 g/mol. The molecule has 3 aliphatic heterocycles. The van der Waals surface area contributed by atoms with Gasteiger partial charge in [0.15, 0.2) is 0 Å². The lowest BCUT2D eigenvalue weighted by atomic mass is 9.98. The normalized spacial score (nSPS) is 19.0. The third-order valence-electron chi connectivity index (χ3n) is 17.1. The minimum atomic E-state index is -1.87. The Hall–Kier alpha value is -8.60. The van der Waals surface area contributed by atoms with Gasteiger partial charge in [0.05, 0.1) is 12.5 Å². The van der Waals surface area contributed by atoms with Crippen LogP contribution in [0.25, 0.3) is 0 Å². The first kappa shape index (κ1) is 83.6. The maximum absolute atomic E-state index is 14.6. The van der Waals surface area contributed by atoms with Crippen molar-refractivity contribution in [1.29, 1.82) is 0 Å². The number of hydrogen-bond acceptors (Lipinski definition) is 19. The zero-order chi connectivity index (χ0) is 73.7. The summed E-state index contributed by atoms with van der Waals surface area (Å²) in [5.41, 5.74) is 16.7. The van der Waals surface area contributed by atoms with Gasteiger partial charge in [0.2, 0.25) is 76.8 Å². The van der Waals surface area contributed by atoms with E-state index in [1.165, 1.54) is 23.6 Å². The fourth-order valence-corrected chi connectivity index (χ4v) is 11.6. The van der Waals surface area contributed by atoms with E-state index in [0.29, 0.717) is 38.6 Å². The molecule has 0 saturated carbocycles. The predicted molar refractivity (Wildman–Crippen MR) is 351 cm³/mol. The first-order chi connectivity index (χ1) is 46.1. The Morgan fingerprint density at radius 2 is 0.908 bits per heavy atom. The number of hydrogen-bond donors (Lipinski definition) is 17. The number of aliphatic carboxylic acids is 3. The van der Waals surface area contributed by atoms with Crippen LogP contribution in [0.15, 0.2) is 0 Å². The van der Waals surface area contributed by atoms with E-state index in [9.17, 15) is 92.0 Å². The summed E-state index contributed by atoms with van der Waals surface area (Å²) in [5.74, 6) is -16.5. The molecule has 98 heavy (non-hydrogen) atoms. The summed E-state index contributed by atoms with van der Waals surface area (Å²) in [6, 6.07) is -17.0. The van der Waals surface area contributed by atoms with Crippen molar-refractivity contribution in [2.24, 2.45) is 35.0 Å². The first-order valence-electron chi connectivity index (χ1n) is 33.8. The van der Waals surface area contributed by atoms with Crippen molar-refractivity contribution in [3.8, 4) is 0 Å². The molecule has 20 N–H and O–H groups in total. The minimum absolute atomic E-state index is 0.0251. The molecule has 3 aliphatic rings. The Bertz CT molecular complexity index is 2820. The van der Waals surface area contributed by atoms with Gasteiger partial charge in [-0.1, -0.05) is 41.5 Å². The molecule has 0 spiro atoms. The fraction of sp³-hybridized carbons (Fsp3) is 0.746. The smallest absolute Gasteiger partial charge is 0.326 e. The molecule has 35 nitrogen and oxygen atoms in total. The van der Waals surface area contributed by atoms with Crippen LogP contribution in [0.4, 0.5) is 0 Å². The third-order valence-corrected chi connectivity index (χ3v) is 17.1. The molecule has 0 aliphatic carbocycles. The van der Waals surface area contributed by atoms with E-state index in [4.69, 9.17) is 17.2 Å². The van der Waals surface area contributed by atoms with Gasteiger partial charge < -0.3 is 101 Å². The standard InChI is InChI=1S/C63H106N16O19/c1-32(2)30-42(57(91)76-49(33(3)4)60(94)71-38(16-9-11-25-64)54(88)70-39(21-23-46(66)80)55(89)74-43(31-48(83)84)56(90)73-41(63(97)98)17-10-12-26-65)75-58(92)44-19-15-29-79(44)62(96)50(34(5)6)77-59(93)45-20-14-28-78(45)61(95)40(22-24-47(81)82)72-52(86)36(8)68-51(85)35(7)69-53(87)37-18-13-27-67-37/h32-45,49-50,67H,9-31,64-65H2,1-8H3,(H2,66,80)(H,68,85)(H,69,87)(H,70,88)(H,71,94)(H,72,86)(H,73,90)(H,74,89)(H,75,92)(H,76,91)(H,77,93)(H,81,82)(H,83,84)(H,97,98)/t35-,36-,37-,38-,39-,40-,41-,42-,43-,44-,45-,49-,50-/m0/s1. The van der Waals surface area contributed by atoms with Crippen molar-refractivity contribution in [3.05, 3.63) is 0 Å². The zero-order valence-corrected chi connectivity index (χ0v) is 57.5. The minimum Gasteiger partial charge on any atom is -0.481 e. The van der Waals surface area contributed by atoms with Crippen LogP contribution < -0.4 is 75.7 Å². The van der Waals surface area contributed by atoms with Gasteiger partial charge in [-0.15, -0.1) is 0 Å². The van der Waals surface area contributed by atoms with Crippen molar-refractivity contribution in [2.75, 3.05) is 32.7 Å². The van der Waals surface area contributed by atoms with E-state index >= 15 is 0 Å². The highest BCUT2D eigenvalue weighted by Crippen LogP contribution is 2.24. The Balaban J connectivity index is 1.80. The van der Waals surface area contributed by atoms with Gasteiger partial charge >= 0.3 is 17.9 Å². The maximum atomic E-state index is 14.6. The number of nitrogens with zero attached hydrogens (tertiary/aromatic N) is 2. The number of unbranched alkanes of at least 4 members (excludes halogenated alkanes) is 2. The number of nitrogens with two attached hydrogens (primary N) is 3. The molecule has 3 fully saturated rings. The average Bonchev–Trinajstić information content (AvgIpc) is 1.64. The third kappa shape index (κ3) is 27.4. The van der Waals surface area contributed by atoms with E-state index in [-0.39, 0.29) is 89.4 Å². The molecule has 0 bridgehead atoms. The first-order valence-corrected chi connectivity index (χ1v) is 33.8. The van der Waals surface area contributed by atoms with Crippen molar-refractivity contribution < 1.29 is 92.0 Å². The summed E-state index contributed by atoms with van der Waals surface area (Å²) >= 11 is 0. The molecule has 0 aromatic carbocycles. The Kier molecular flexibility index (Phi) is 35.5. The van der Waals surface area contributed by atoms with Crippen LogP contribution in [0.1, 0.15) is 171 Å². The molecule has 35 heteroatoms. The van der Waals surface area contributed by atoms with Crippen LogP contribution in [0.2, 0.25) is 0 Å². The SMILES string of the molecule is CC(C)C[C@H](NC(=O)[C@@H]1CCCN1C(=O)[C@@H](NC(=O)[C@@H]1CCCN1C(=O)[C@H](CCC(=O)O)NC(=O)[C@H](C)NC(=O)[C@H](C)NC(=O)[C@@H]1CCCN1)C(C)C)C(=O)N[C@H](C(=O)N[C@@H](CCCCN)C(=O)N[C@@H](CCC(N)=O)C(=O)N[C@@H](CC(=O)O)C(=O)N[C@@H](CCCCN)C(=O)O)C(C)C. The summed E-state index contributed by atoms with van der Waals surface area (Å²) in [4.78, 5) is 217. The molecule has 0 aromatic heterocycles. The summed E-state index contributed by atoms with van der Waals surface area (Å²) in [6.07, 6.45) is 0.537. The molecule has 0 aromatic rings. The van der Waals surface area contributed by atoms with Crippen molar-refractivity contribution in [2.45, 2.75) is 250 Å². The average molecular weight is 1390 g/mol. The summed E-state index contributed by atoms with van der Waals surface area (Å²) in [7, 11) is 0. The molecule has 13 amide bonds. The maximum Gasteiger partial charge on any atom is 0.326 e. The van der Waals surface area contributed by atoms with Gasteiger partial charge in [0.25, 0.3) is 0 Å². The second-order valence-electron chi connectivity index (χ2n) is 26.4. The lowest BCUT2D eigenvalue weighted by molar-refractivity contribution is -0.146. The van der Waals surface area contributed by atoms with E-state index < -0.39 is 205 Å². The van der Waals surface area contributed by atoms with Crippen LogP contribution >= 0.6 is 0 Å². The summed E-state index contributed by atoms with van der Waals surface area (Å²) in [5, 5.41) is 57.3. The van der Waals surface area contributed by atoms with Gasteiger partial charge in [-0.3, -0.25) is 71.9 Å². The number of carbonyl (C=O) groups excluding carboxylic acids is 13. The lowest BCUT2D eigenvalue weighted by Crippen LogP contribution is -2.61.